The van der Waals surface area contributed by atoms with Crippen LogP contribution in [-0.4, -0.2) is 34.4 Å². The van der Waals surface area contributed by atoms with Gasteiger partial charge in [-0.2, -0.15) is 0 Å². The van der Waals surface area contributed by atoms with E-state index in [1.807, 2.05) is 5.32 Å². The zero-order chi connectivity index (χ0) is 15.6. The van der Waals surface area contributed by atoms with Crippen molar-refractivity contribution in [3.05, 3.63) is 33.3 Å². The van der Waals surface area contributed by atoms with E-state index in [1.54, 1.807) is 0 Å². The maximum absolute atomic E-state index is 11.6. The molecule has 5 amide bonds. The van der Waals surface area contributed by atoms with Crippen molar-refractivity contribution in [3.63, 3.8) is 0 Å². The third-order valence-electron chi connectivity index (χ3n) is 2.44. The molecule has 1 aromatic carbocycles. The highest BCUT2D eigenvalue weighted by molar-refractivity contribution is 6.33. The number of nitrogens with one attached hydrogen (secondary N) is 3. The summed E-state index contributed by atoms with van der Waals surface area (Å²) in [5.41, 5.74) is 2.02. The fourth-order valence-electron chi connectivity index (χ4n) is 1.52. The highest BCUT2D eigenvalue weighted by Gasteiger charge is 2.28. The van der Waals surface area contributed by atoms with E-state index in [2.05, 4.69) is 10.7 Å². The summed E-state index contributed by atoms with van der Waals surface area (Å²) in [5, 5.41) is 15.6. The minimum absolute atomic E-state index is 0.0405. The van der Waals surface area contributed by atoms with Gasteiger partial charge < -0.3 is 5.32 Å². The molecule has 1 saturated heterocycles. The van der Waals surface area contributed by atoms with Gasteiger partial charge in [-0.15, -0.1) is 0 Å². The molecule has 2 rings (SSSR count). The molecule has 1 aromatic rings. The molecule has 0 bridgehead atoms. The second kappa shape index (κ2) is 5.63. The van der Waals surface area contributed by atoms with E-state index < -0.39 is 22.9 Å². The van der Waals surface area contributed by atoms with Crippen LogP contribution in [0.25, 0.3) is 0 Å². The maximum atomic E-state index is 11.6. The van der Waals surface area contributed by atoms with Crippen LogP contribution in [0.3, 0.4) is 0 Å². The Hall–Kier alpha value is -2.88. The molecular formula is C10H8ClN5O5. The molecule has 0 aliphatic carbocycles. The number of urea groups is 2. The second-order valence-corrected chi connectivity index (χ2v) is 4.33. The van der Waals surface area contributed by atoms with E-state index in [9.17, 15) is 24.5 Å². The predicted octanol–water partition coefficient (Wildman–Crippen LogP) is 0.836. The minimum atomic E-state index is -0.824. The van der Waals surface area contributed by atoms with Crippen molar-refractivity contribution in [2.24, 2.45) is 0 Å². The number of carbonyl (C=O) groups excluding carboxylic acids is 3. The Kier molecular flexibility index (Phi) is 3.89. The van der Waals surface area contributed by atoms with E-state index in [1.165, 1.54) is 6.07 Å². The first-order chi connectivity index (χ1) is 9.86. The Morgan fingerprint density at radius 2 is 2.14 bits per heavy atom. The van der Waals surface area contributed by atoms with Crippen LogP contribution in [0.5, 0.6) is 0 Å². The van der Waals surface area contributed by atoms with Crippen molar-refractivity contribution in [1.29, 1.82) is 0 Å². The van der Waals surface area contributed by atoms with Gasteiger partial charge in [-0.1, -0.05) is 11.6 Å². The molecule has 3 N–H and O–H groups in total. The van der Waals surface area contributed by atoms with E-state index in [0.29, 0.717) is 0 Å². The molecule has 0 saturated carbocycles. The highest BCUT2D eigenvalue weighted by Crippen LogP contribution is 2.26. The zero-order valence-electron chi connectivity index (χ0n) is 10.3. The molecule has 0 aromatic heterocycles. The standard InChI is InChI=1S/C10H8ClN5O5/c11-6-3-5(16(20)21)1-2-7(6)12-9(18)14-15-4-8(17)13-10(15)19/h1-3H,4H2,(H2,12,14,18)(H,13,17,19). The Bertz CT molecular complexity index is 649. The molecule has 1 aliphatic heterocycles. The molecule has 21 heavy (non-hydrogen) atoms. The average Bonchev–Trinajstić information content (AvgIpc) is 2.70. The molecule has 1 heterocycles. The Balaban J connectivity index is 2.01. The fraction of sp³-hybridized carbons (Fsp3) is 0.100. The number of non-ortho nitro benzene ring substituents is 1. The summed E-state index contributed by atoms with van der Waals surface area (Å²) in [4.78, 5) is 43.7. The highest BCUT2D eigenvalue weighted by atomic mass is 35.5. The lowest BCUT2D eigenvalue weighted by Crippen LogP contribution is -2.46. The van der Waals surface area contributed by atoms with Crippen LogP contribution in [0.2, 0.25) is 5.02 Å². The fourth-order valence-corrected chi connectivity index (χ4v) is 1.75. The average molecular weight is 314 g/mol. The number of nitrogens with zero attached hydrogens (tertiary/aromatic N) is 2. The van der Waals surface area contributed by atoms with Gasteiger partial charge in [-0.05, 0) is 6.07 Å². The predicted molar refractivity (Wildman–Crippen MR) is 70.5 cm³/mol. The number of imide groups is 1. The van der Waals surface area contributed by atoms with E-state index in [4.69, 9.17) is 11.6 Å². The van der Waals surface area contributed by atoms with Crippen molar-refractivity contribution in [3.8, 4) is 0 Å². The number of halogens is 1. The van der Waals surface area contributed by atoms with Gasteiger partial charge in [0.15, 0.2) is 0 Å². The molecular weight excluding hydrogens is 306 g/mol. The normalized spacial score (nSPS) is 13.9. The van der Waals surface area contributed by atoms with Crippen molar-refractivity contribution in [2.75, 3.05) is 11.9 Å². The Morgan fingerprint density at radius 1 is 1.43 bits per heavy atom. The minimum Gasteiger partial charge on any atom is -0.305 e. The van der Waals surface area contributed by atoms with E-state index in [-0.39, 0.29) is 22.9 Å². The molecule has 0 unspecified atom stereocenters. The van der Waals surface area contributed by atoms with E-state index in [0.717, 1.165) is 17.1 Å². The van der Waals surface area contributed by atoms with Crippen LogP contribution < -0.4 is 16.1 Å². The summed E-state index contributed by atoms with van der Waals surface area (Å²) < 4.78 is 0. The maximum Gasteiger partial charge on any atom is 0.343 e. The zero-order valence-corrected chi connectivity index (χ0v) is 11.0. The third-order valence-corrected chi connectivity index (χ3v) is 2.75. The lowest BCUT2D eigenvalue weighted by molar-refractivity contribution is -0.384. The van der Waals surface area contributed by atoms with Crippen LogP contribution in [0.4, 0.5) is 21.0 Å². The van der Waals surface area contributed by atoms with Crippen LogP contribution in [-0.2, 0) is 4.79 Å². The number of amides is 5. The molecule has 1 fully saturated rings. The largest absolute Gasteiger partial charge is 0.343 e. The SMILES string of the molecule is O=C1CN(NC(=O)Nc2ccc([N+](=O)[O-])cc2Cl)C(=O)N1. The van der Waals surface area contributed by atoms with Gasteiger partial charge in [0.2, 0.25) is 5.91 Å². The molecule has 0 radical (unpaired) electrons. The topological polar surface area (TPSA) is 134 Å². The van der Waals surface area contributed by atoms with Crippen LogP contribution in [0, 0.1) is 10.1 Å². The summed E-state index contributed by atoms with van der Waals surface area (Å²) >= 11 is 5.79. The monoisotopic (exact) mass is 313 g/mol. The number of nitro groups is 1. The van der Waals surface area contributed by atoms with Gasteiger partial charge in [0.25, 0.3) is 5.69 Å². The third kappa shape index (κ3) is 3.36. The van der Waals surface area contributed by atoms with Crippen LogP contribution >= 0.6 is 11.6 Å². The number of hydrogen-bond acceptors (Lipinski definition) is 5. The summed E-state index contributed by atoms with van der Waals surface area (Å²) in [7, 11) is 0. The first-order valence-corrected chi connectivity index (χ1v) is 5.87. The smallest absolute Gasteiger partial charge is 0.305 e. The van der Waals surface area contributed by atoms with Crippen molar-refractivity contribution in [2.45, 2.75) is 0 Å². The first kappa shape index (κ1) is 14.5. The lowest BCUT2D eigenvalue weighted by atomic mass is 10.3. The summed E-state index contributed by atoms with van der Waals surface area (Å²) in [6, 6.07) is 1.90. The van der Waals surface area contributed by atoms with Crippen LogP contribution in [0.1, 0.15) is 0 Å². The van der Waals surface area contributed by atoms with E-state index >= 15 is 0 Å². The van der Waals surface area contributed by atoms with Gasteiger partial charge >= 0.3 is 12.1 Å². The molecule has 11 heteroatoms. The molecule has 10 nitrogen and oxygen atoms in total. The Morgan fingerprint density at radius 3 is 2.67 bits per heavy atom. The molecule has 0 atom stereocenters. The van der Waals surface area contributed by atoms with Crippen LogP contribution in [0.15, 0.2) is 18.2 Å². The summed E-state index contributed by atoms with van der Waals surface area (Å²) in [5.74, 6) is -0.548. The number of anilines is 1. The molecule has 1 aliphatic rings. The number of hydrazine groups is 1. The van der Waals surface area contributed by atoms with Crippen molar-refractivity contribution < 1.29 is 19.3 Å². The van der Waals surface area contributed by atoms with Gasteiger partial charge in [0.05, 0.1) is 15.6 Å². The van der Waals surface area contributed by atoms with Gasteiger partial charge in [-0.25, -0.2) is 20.0 Å². The first-order valence-electron chi connectivity index (χ1n) is 5.50. The number of nitro benzene ring substituents is 1. The summed E-state index contributed by atoms with van der Waals surface area (Å²) in [6.07, 6.45) is 0. The lowest BCUT2D eigenvalue weighted by Gasteiger charge is -2.15. The van der Waals surface area contributed by atoms with Gasteiger partial charge in [0, 0.05) is 12.1 Å². The van der Waals surface area contributed by atoms with Crippen molar-refractivity contribution >= 4 is 40.9 Å². The molecule has 110 valence electrons. The van der Waals surface area contributed by atoms with Gasteiger partial charge in [-0.3, -0.25) is 20.2 Å². The second-order valence-electron chi connectivity index (χ2n) is 3.93. The number of rotatable bonds is 3. The molecule has 0 spiro atoms. The van der Waals surface area contributed by atoms with Gasteiger partial charge in [0.1, 0.15) is 6.54 Å². The number of carbonyl (C=O) groups is 3. The quantitative estimate of drug-likeness (QED) is 0.432. The number of benzene rings is 1. The van der Waals surface area contributed by atoms with Crippen molar-refractivity contribution in [1.82, 2.24) is 15.8 Å². The summed E-state index contributed by atoms with van der Waals surface area (Å²) in [6.45, 7) is -0.305. The number of hydrogen-bond donors (Lipinski definition) is 3. The Labute approximate surface area is 122 Å².